The average Bonchev–Trinajstić information content (AvgIpc) is 3.10. The van der Waals surface area contributed by atoms with E-state index in [1.165, 1.54) is 29.7 Å². The third-order valence-electron chi connectivity index (χ3n) is 4.82. The summed E-state index contributed by atoms with van der Waals surface area (Å²) in [5.41, 5.74) is 3.58. The fourth-order valence-corrected chi connectivity index (χ4v) is 3.54. The van der Waals surface area contributed by atoms with E-state index < -0.39 is 0 Å². The van der Waals surface area contributed by atoms with E-state index in [4.69, 9.17) is 4.52 Å². The van der Waals surface area contributed by atoms with Crippen LogP contribution in [0.15, 0.2) is 53.1 Å². The summed E-state index contributed by atoms with van der Waals surface area (Å²) in [5.74, 6) is 0.792. The minimum Gasteiger partial charge on any atom is -0.338 e. The zero-order chi connectivity index (χ0) is 17.2. The molecule has 3 aromatic rings. The fraction of sp³-hybridized carbons (Fsp3) is 0.300. The van der Waals surface area contributed by atoms with Gasteiger partial charge in [0.2, 0.25) is 11.7 Å². The standard InChI is InChI=1S/C20H20FN3O/c1-24(18-8-4-6-14-5-2-3-7-17(14)18)13-19-22-20(23-25-19)15-9-11-16(21)12-10-15/h2-3,5,7,9-12,18H,4,6,8,13H2,1H3/t18-/m0/s1. The number of aromatic nitrogens is 2. The van der Waals surface area contributed by atoms with Crippen molar-refractivity contribution in [2.75, 3.05) is 7.05 Å². The molecule has 4 nitrogen and oxygen atoms in total. The van der Waals surface area contributed by atoms with Crippen molar-refractivity contribution in [2.24, 2.45) is 0 Å². The average molecular weight is 337 g/mol. The molecule has 4 rings (SSSR count). The van der Waals surface area contributed by atoms with Gasteiger partial charge < -0.3 is 4.52 Å². The molecule has 0 radical (unpaired) electrons. The summed E-state index contributed by atoms with van der Waals surface area (Å²) < 4.78 is 18.4. The van der Waals surface area contributed by atoms with E-state index in [0.29, 0.717) is 24.3 Å². The van der Waals surface area contributed by atoms with Gasteiger partial charge in [-0.2, -0.15) is 4.98 Å². The highest BCUT2D eigenvalue weighted by molar-refractivity contribution is 5.53. The number of nitrogens with zero attached hydrogens (tertiary/aromatic N) is 3. The molecule has 0 spiro atoms. The third-order valence-corrected chi connectivity index (χ3v) is 4.82. The van der Waals surface area contributed by atoms with E-state index in [-0.39, 0.29) is 5.82 Å². The highest BCUT2D eigenvalue weighted by Crippen LogP contribution is 2.34. The van der Waals surface area contributed by atoms with E-state index in [2.05, 4.69) is 46.4 Å². The van der Waals surface area contributed by atoms with Crippen molar-refractivity contribution < 1.29 is 8.91 Å². The molecule has 1 aliphatic carbocycles. The summed E-state index contributed by atoms with van der Waals surface area (Å²) >= 11 is 0. The van der Waals surface area contributed by atoms with Gasteiger partial charge >= 0.3 is 0 Å². The molecule has 1 heterocycles. The van der Waals surface area contributed by atoms with Crippen LogP contribution in [0.3, 0.4) is 0 Å². The Hall–Kier alpha value is -2.53. The Kier molecular flexibility index (Phi) is 4.32. The summed E-state index contributed by atoms with van der Waals surface area (Å²) in [6, 6.07) is 15.1. The topological polar surface area (TPSA) is 42.2 Å². The maximum Gasteiger partial charge on any atom is 0.241 e. The van der Waals surface area contributed by atoms with Gasteiger partial charge in [-0.1, -0.05) is 29.4 Å². The molecule has 2 aromatic carbocycles. The van der Waals surface area contributed by atoms with Crippen molar-refractivity contribution >= 4 is 0 Å². The van der Waals surface area contributed by atoms with Gasteiger partial charge in [0.05, 0.1) is 6.54 Å². The van der Waals surface area contributed by atoms with E-state index in [1.54, 1.807) is 12.1 Å². The zero-order valence-electron chi connectivity index (χ0n) is 14.2. The van der Waals surface area contributed by atoms with Crippen LogP contribution in [0.4, 0.5) is 4.39 Å². The van der Waals surface area contributed by atoms with E-state index in [1.807, 2.05) is 0 Å². The van der Waals surface area contributed by atoms with Crippen LogP contribution in [0.25, 0.3) is 11.4 Å². The Labute approximate surface area is 146 Å². The van der Waals surface area contributed by atoms with Crippen LogP contribution in [0, 0.1) is 5.82 Å². The van der Waals surface area contributed by atoms with Gasteiger partial charge in [0.15, 0.2) is 0 Å². The first kappa shape index (κ1) is 16.0. The van der Waals surface area contributed by atoms with Gasteiger partial charge in [-0.3, -0.25) is 4.90 Å². The van der Waals surface area contributed by atoms with E-state index in [9.17, 15) is 4.39 Å². The monoisotopic (exact) mass is 337 g/mol. The Morgan fingerprint density at radius 3 is 2.80 bits per heavy atom. The second-order valence-electron chi connectivity index (χ2n) is 6.54. The van der Waals surface area contributed by atoms with Crippen LogP contribution in [0.5, 0.6) is 0 Å². The van der Waals surface area contributed by atoms with Crippen LogP contribution >= 0.6 is 0 Å². The first-order valence-corrected chi connectivity index (χ1v) is 8.57. The maximum atomic E-state index is 13.0. The quantitative estimate of drug-likeness (QED) is 0.708. The van der Waals surface area contributed by atoms with E-state index >= 15 is 0 Å². The molecule has 0 fully saturated rings. The number of aryl methyl sites for hydroxylation is 1. The van der Waals surface area contributed by atoms with Crippen LogP contribution in [-0.2, 0) is 13.0 Å². The molecule has 0 aliphatic heterocycles. The van der Waals surface area contributed by atoms with Crippen molar-refractivity contribution in [3.05, 3.63) is 71.4 Å². The Morgan fingerprint density at radius 2 is 1.96 bits per heavy atom. The van der Waals surface area contributed by atoms with Crippen LogP contribution < -0.4 is 0 Å². The largest absolute Gasteiger partial charge is 0.338 e. The molecule has 0 saturated heterocycles. The lowest BCUT2D eigenvalue weighted by molar-refractivity contribution is 0.187. The van der Waals surface area contributed by atoms with Crippen LogP contribution in [0.2, 0.25) is 0 Å². The predicted molar refractivity (Wildman–Crippen MR) is 93.3 cm³/mol. The third kappa shape index (κ3) is 3.33. The zero-order valence-corrected chi connectivity index (χ0v) is 14.2. The van der Waals surface area contributed by atoms with Gasteiger partial charge in [0, 0.05) is 11.6 Å². The van der Waals surface area contributed by atoms with Crippen LogP contribution in [0.1, 0.15) is 35.9 Å². The van der Waals surface area contributed by atoms with Gasteiger partial charge in [-0.05, 0) is 61.7 Å². The molecule has 0 unspecified atom stereocenters. The van der Waals surface area contributed by atoms with Gasteiger partial charge in [-0.15, -0.1) is 0 Å². The number of benzene rings is 2. The minimum atomic E-state index is -0.275. The Bertz CT molecular complexity index is 859. The molecule has 0 amide bonds. The maximum absolute atomic E-state index is 13.0. The SMILES string of the molecule is CN(Cc1nc(-c2ccc(F)cc2)no1)[C@H]1CCCc2ccccc21. The summed E-state index contributed by atoms with van der Waals surface area (Å²) in [6.07, 6.45) is 3.47. The number of fused-ring (bicyclic) bond motifs is 1. The lowest BCUT2D eigenvalue weighted by Crippen LogP contribution is -2.27. The summed E-state index contributed by atoms with van der Waals surface area (Å²) in [5, 5.41) is 4.02. The lowest BCUT2D eigenvalue weighted by Gasteiger charge is -2.32. The second kappa shape index (κ2) is 6.76. The fourth-order valence-electron chi connectivity index (χ4n) is 3.54. The van der Waals surface area contributed by atoms with Crippen molar-refractivity contribution in [1.82, 2.24) is 15.0 Å². The minimum absolute atomic E-state index is 0.275. The summed E-state index contributed by atoms with van der Waals surface area (Å²) in [4.78, 5) is 6.72. The number of rotatable bonds is 4. The Balaban J connectivity index is 1.50. The first-order valence-electron chi connectivity index (χ1n) is 8.57. The second-order valence-corrected chi connectivity index (χ2v) is 6.54. The predicted octanol–water partition coefficient (Wildman–Crippen LogP) is 4.39. The van der Waals surface area contributed by atoms with Gasteiger partial charge in [0.25, 0.3) is 0 Å². The molecule has 1 aromatic heterocycles. The van der Waals surface area contributed by atoms with E-state index in [0.717, 1.165) is 18.4 Å². The molecule has 0 bridgehead atoms. The van der Waals surface area contributed by atoms with Crippen molar-refractivity contribution in [3.8, 4) is 11.4 Å². The smallest absolute Gasteiger partial charge is 0.241 e. The highest BCUT2D eigenvalue weighted by Gasteiger charge is 2.24. The number of halogens is 1. The first-order chi connectivity index (χ1) is 12.2. The molecule has 0 N–H and O–H groups in total. The van der Waals surface area contributed by atoms with Crippen molar-refractivity contribution in [3.63, 3.8) is 0 Å². The normalized spacial score (nSPS) is 16.8. The highest BCUT2D eigenvalue weighted by atomic mass is 19.1. The molecule has 0 saturated carbocycles. The molecular formula is C20H20FN3O. The number of hydrogen-bond donors (Lipinski definition) is 0. The van der Waals surface area contributed by atoms with Crippen molar-refractivity contribution in [1.29, 1.82) is 0 Å². The van der Waals surface area contributed by atoms with Gasteiger partial charge in [0.1, 0.15) is 5.82 Å². The Morgan fingerprint density at radius 1 is 1.16 bits per heavy atom. The molecular weight excluding hydrogens is 317 g/mol. The summed E-state index contributed by atoms with van der Waals surface area (Å²) in [7, 11) is 2.09. The molecule has 1 aliphatic rings. The molecule has 25 heavy (non-hydrogen) atoms. The van der Waals surface area contributed by atoms with Crippen molar-refractivity contribution in [2.45, 2.75) is 31.8 Å². The molecule has 1 atom stereocenters. The number of hydrogen-bond acceptors (Lipinski definition) is 4. The summed E-state index contributed by atoms with van der Waals surface area (Å²) in [6.45, 7) is 0.590. The molecule has 128 valence electrons. The molecule has 5 heteroatoms. The van der Waals surface area contributed by atoms with Crippen LogP contribution in [-0.4, -0.2) is 22.1 Å². The lowest BCUT2D eigenvalue weighted by atomic mass is 9.87. The van der Waals surface area contributed by atoms with Gasteiger partial charge in [-0.25, -0.2) is 4.39 Å².